The highest BCUT2D eigenvalue weighted by Gasteiger charge is 2.17. The van der Waals surface area contributed by atoms with Gasteiger partial charge in [0.15, 0.2) is 5.89 Å². The van der Waals surface area contributed by atoms with Gasteiger partial charge in [0, 0.05) is 25.0 Å². The molecule has 2 aromatic rings. The first-order valence-corrected chi connectivity index (χ1v) is 6.08. The second kappa shape index (κ2) is 5.75. The van der Waals surface area contributed by atoms with Crippen LogP contribution in [0.4, 0.5) is 0 Å². The Bertz CT molecular complexity index is 564. The SMILES string of the molecule is COc1ccc(-c2nc(C)oc2CCN)c(OC)c1. The van der Waals surface area contributed by atoms with Gasteiger partial charge in [0.2, 0.25) is 0 Å². The van der Waals surface area contributed by atoms with Crippen molar-refractivity contribution in [2.24, 2.45) is 5.73 Å². The molecular formula is C14H18N2O3. The van der Waals surface area contributed by atoms with Crippen molar-refractivity contribution in [2.45, 2.75) is 13.3 Å². The van der Waals surface area contributed by atoms with Gasteiger partial charge in [-0.25, -0.2) is 4.98 Å². The molecule has 1 aromatic heterocycles. The topological polar surface area (TPSA) is 70.5 Å². The van der Waals surface area contributed by atoms with Crippen LogP contribution >= 0.6 is 0 Å². The summed E-state index contributed by atoms with van der Waals surface area (Å²) in [6, 6.07) is 5.61. The number of hydrogen-bond donors (Lipinski definition) is 1. The largest absolute Gasteiger partial charge is 0.497 e. The van der Waals surface area contributed by atoms with Gasteiger partial charge in [0.1, 0.15) is 23.0 Å². The summed E-state index contributed by atoms with van der Waals surface area (Å²) in [6.07, 6.45) is 0.644. The zero-order valence-electron chi connectivity index (χ0n) is 11.4. The number of nitrogens with zero attached hydrogens (tertiary/aromatic N) is 1. The molecule has 5 nitrogen and oxygen atoms in total. The van der Waals surface area contributed by atoms with Gasteiger partial charge in [-0.1, -0.05) is 0 Å². The first-order valence-electron chi connectivity index (χ1n) is 6.08. The van der Waals surface area contributed by atoms with E-state index in [0.717, 1.165) is 22.8 Å². The second-order valence-electron chi connectivity index (χ2n) is 4.11. The Kier molecular flexibility index (Phi) is 4.06. The molecule has 0 aliphatic carbocycles. The first kappa shape index (κ1) is 13.4. The third kappa shape index (κ3) is 2.71. The van der Waals surface area contributed by atoms with Gasteiger partial charge in [0.05, 0.1) is 14.2 Å². The third-order valence-electron chi connectivity index (χ3n) is 2.84. The molecule has 5 heteroatoms. The Labute approximate surface area is 112 Å². The quantitative estimate of drug-likeness (QED) is 0.894. The van der Waals surface area contributed by atoms with Gasteiger partial charge in [-0.2, -0.15) is 0 Å². The summed E-state index contributed by atoms with van der Waals surface area (Å²) in [4.78, 5) is 4.42. The molecule has 0 radical (unpaired) electrons. The predicted molar refractivity (Wildman–Crippen MR) is 72.5 cm³/mol. The van der Waals surface area contributed by atoms with Crippen LogP contribution in [-0.2, 0) is 6.42 Å². The highest BCUT2D eigenvalue weighted by Crippen LogP contribution is 2.35. The van der Waals surface area contributed by atoms with E-state index in [4.69, 9.17) is 19.6 Å². The van der Waals surface area contributed by atoms with Crippen LogP contribution in [-0.4, -0.2) is 25.7 Å². The zero-order valence-corrected chi connectivity index (χ0v) is 11.4. The Morgan fingerprint density at radius 3 is 2.68 bits per heavy atom. The molecule has 2 N–H and O–H groups in total. The lowest BCUT2D eigenvalue weighted by Gasteiger charge is -2.09. The minimum atomic E-state index is 0.514. The van der Waals surface area contributed by atoms with E-state index < -0.39 is 0 Å². The molecule has 0 atom stereocenters. The van der Waals surface area contributed by atoms with E-state index in [9.17, 15) is 0 Å². The van der Waals surface area contributed by atoms with Crippen LogP contribution < -0.4 is 15.2 Å². The van der Waals surface area contributed by atoms with Crippen molar-refractivity contribution in [2.75, 3.05) is 20.8 Å². The van der Waals surface area contributed by atoms with E-state index in [1.807, 2.05) is 25.1 Å². The van der Waals surface area contributed by atoms with Gasteiger partial charge >= 0.3 is 0 Å². The Balaban J connectivity index is 2.51. The second-order valence-corrected chi connectivity index (χ2v) is 4.11. The van der Waals surface area contributed by atoms with Crippen molar-refractivity contribution in [1.29, 1.82) is 0 Å². The smallest absolute Gasteiger partial charge is 0.191 e. The number of aromatic nitrogens is 1. The number of nitrogens with two attached hydrogens (primary N) is 1. The van der Waals surface area contributed by atoms with E-state index in [0.29, 0.717) is 24.6 Å². The van der Waals surface area contributed by atoms with Crippen LogP contribution in [0.25, 0.3) is 11.3 Å². The molecule has 1 aromatic carbocycles. The molecule has 0 unspecified atom stereocenters. The van der Waals surface area contributed by atoms with Crippen molar-refractivity contribution in [3.8, 4) is 22.8 Å². The van der Waals surface area contributed by atoms with Crippen LogP contribution in [0.2, 0.25) is 0 Å². The van der Waals surface area contributed by atoms with Crippen molar-refractivity contribution in [3.05, 3.63) is 29.9 Å². The molecule has 0 amide bonds. The van der Waals surface area contributed by atoms with Gasteiger partial charge in [-0.3, -0.25) is 0 Å². The Morgan fingerprint density at radius 1 is 1.26 bits per heavy atom. The maximum Gasteiger partial charge on any atom is 0.191 e. The number of benzene rings is 1. The summed E-state index contributed by atoms with van der Waals surface area (Å²) in [6.45, 7) is 2.33. The van der Waals surface area contributed by atoms with Crippen LogP contribution in [0.3, 0.4) is 0 Å². The predicted octanol–water partition coefficient (Wildman–Crippen LogP) is 2.17. The molecule has 0 aliphatic rings. The number of rotatable bonds is 5. The minimum Gasteiger partial charge on any atom is -0.497 e. The third-order valence-corrected chi connectivity index (χ3v) is 2.84. The first-order chi connectivity index (χ1) is 9.19. The lowest BCUT2D eigenvalue weighted by molar-refractivity contribution is 0.395. The summed E-state index contributed by atoms with van der Waals surface area (Å²) in [5, 5.41) is 0. The highest BCUT2D eigenvalue weighted by molar-refractivity contribution is 5.70. The number of ether oxygens (including phenoxy) is 2. The molecule has 0 fully saturated rings. The van der Waals surface area contributed by atoms with Gasteiger partial charge in [0.25, 0.3) is 0 Å². The van der Waals surface area contributed by atoms with Crippen LogP contribution in [0.15, 0.2) is 22.6 Å². The molecule has 102 valence electrons. The maximum absolute atomic E-state index is 5.59. The summed E-state index contributed by atoms with van der Waals surface area (Å²) < 4.78 is 16.2. The molecule has 0 saturated heterocycles. The molecule has 2 rings (SSSR count). The summed E-state index contributed by atoms with van der Waals surface area (Å²) in [7, 11) is 3.24. The molecule has 1 heterocycles. The van der Waals surface area contributed by atoms with Gasteiger partial charge in [-0.15, -0.1) is 0 Å². The molecular weight excluding hydrogens is 244 g/mol. The number of oxazole rings is 1. The van der Waals surface area contributed by atoms with Gasteiger partial charge < -0.3 is 19.6 Å². The molecule has 0 aliphatic heterocycles. The number of hydrogen-bond acceptors (Lipinski definition) is 5. The summed E-state index contributed by atoms with van der Waals surface area (Å²) in [5.41, 5.74) is 7.25. The van der Waals surface area contributed by atoms with Gasteiger partial charge in [-0.05, 0) is 18.7 Å². The van der Waals surface area contributed by atoms with E-state index >= 15 is 0 Å². The van der Waals surface area contributed by atoms with Crippen LogP contribution in [0.1, 0.15) is 11.7 Å². The van der Waals surface area contributed by atoms with Crippen LogP contribution in [0, 0.1) is 6.92 Å². The average Bonchev–Trinajstić information content (AvgIpc) is 2.79. The molecule has 0 bridgehead atoms. The van der Waals surface area contributed by atoms with E-state index in [1.54, 1.807) is 14.2 Å². The summed E-state index contributed by atoms with van der Waals surface area (Å²) >= 11 is 0. The normalized spacial score (nSPS) is 10.5. The molecule has 19 heavy (non-hydrogen) atoms. The molecule has 0 saturated carbocycles. The van der Waals surface area contributed by atoms with Crippen molar-refractivity contribution < 1.29 is 13.9 Å². The number of aryl methyl sites for hydroxylation is 1. The summed E-state index contributed by atoms with van der Waals surface area (Å²) in [5.74, 6) is 2.84. The standard InChI is InChI=1S/C14H18N2O3/c1-9-16-14(12(19-9)6-7-15)11-5-4-10(17-2)8-13(11)18-3/h4-5,8H,6-7,15H2,1-3H3. The van der Waals surface area contributed by atoms with E-state index in [2.05, 4.69) is 4.98 Å². The fourth-order valence-corrected chi connectivity index (χ4v) is 1.97. The Morgan fingerprint density at radius 2 is 2.05 bits per heavy atom. The van der Waals surface area contributed by atoms with Crippen molar-refractivity contribution in [1.82, 2.24) is 4.98 Å². The minimum absolute atomic E-state index is 0.514. The fraction of sp³-hybridized carbons (Fsp3) is 0.357. The fourth-order valence-electron chi connectivity index (χ4n) is 1.97. The molecule has 0 spiro atoms. The Hall–Kier alpha value is -2.01. The maximum atomic E-state index is 5.59. The number of methoxy groups -OCH3 is 2. The lowest BCUT2D eigenvalue weighted by atomic mass is 10.1. The monoisotopic (exact) mass is 262 g/mol. The van der Waals surface area contributed by atoms with Crippen molar-refractivity contribution >= 4 is 0 Å². The van der Waals surface area contributed by atoms with Crippen LogP contribution in [0.5, 0.6) is 11.5 Å². The zero-order chi connectivity index (χ0) is 13.8. The van der Waals surface area contributed by atoms with Crippen molar-refractivity contribution in [3.63, 3.8) is 0 Å². The van der Waals surface area contributed by atoms with E-state index in [-0.39, 0.29) is 0 Å². The average molecular weight is 262 g/mol. The van der Waals surface area contributed by atoms with E-state index in [1.165, 1.54) is 0 Å². The lowest BCUT2D eigenvalue weighted by Crippen LogP contribution is -2.03. The highest BCUT2D eigenvalue weighted by atomic mass is 16.5.